The van der Waals surface area contributed by atoms with Gasteiger partial charge in [-0.2, -0.15) is 0 Å². The summed E-state index contributed by atoms with van der Waals surface area (Å²) < 4.78 is 0. The Morgan fingerprint density at radius 1 is 1.89 bits per heavy atom. The van der Waals surface area contributed by atoms with Gasteiger partial charge in [0.1, 0.15) is 0 Å². The van der Waals surface area contributed by atoms with Crippen LogP contribution in [0, 0.1) is 11.8 Å². The third-order valence-electron chi connectivity index (χ3n) is 1.89. The lowest BCUT2D eigenvalue weighted by Crippen LogP contribution is -2.21. The van der Waals surface area contributed by atoms with Crippen LogP contribution in [0.3, 0.4) is 0 Å². The molecule has 0 saturated heterocycles. The molecule has 2 atom stereocenters. The Hall–Kier alpha value is -0.570. The van der Waals surface area contributed by atoms with Crippen LogP contribution in [0.5, 0.6) is 0 Å². The van der Waals surface area contributed by atoms with E-state index in [1.807, 2.05) is 0 Å². The summed E-state index contributed by atoms with van der Waals surface area (Å²) in [6.45, 7) is 2.05. The van der Waals surface area contributed by atoms with Gasteiger partial charge < -0.3 is 0 Å². The molecule has 1 fully saturated rings. The van der Waals surface area contributed by atoms with Crippen molar-refractivity contribution in [1.29, 1.82) is 0 Å². The first-order valence-electron chi connectivity index (χ1n) is 3.23. The van der Waals surface area contributed by atoms with E-state index in [2.05, 4.69) is 6.92 Å². The van der Waals surface area contributed by atoms with E-state index in [1.165, 1.54) is 0 Å². The smallest absolute Gasteiger partial charge is 0.246 e. The molecule has 0 bridgehead atoms. The minimum absolute atomic E-state index is 0.0972. The van der Waals surface area contributed by atoms with Crippen LogP contribution < -0.4 is 5.48 Å². The van der Waals surface area contributed by atoms with E-state index in [0.29, 0.717) is 5.92 Å². The van der Waals surface area contributed by atoms with E-state index in [1.54, 1.807) is 5.48 Å². The largest absolute Gasteiger partial charge is 0.289 e. The van der Waals surface area contributed by atoms with Crippen molar-refractivity contribution in [2.45, 2.75) is 19.8 Å². The highest BCUT2D eigenvalue weighted by Crippen LogP contribution is 2.40. The summed E-state index contributed by atoms with van der Waals surface area (Å²) in [7, 11) is 0. The minimum atomic E-state index is -0.221. The number of hydroxylamine groups is 1. The Balaban J connectivity index is 2.25. The Labute approximate surface area is 54.0 Å². The van der Waals surface area contributed by atoms with Gasteiger partial charge in [0.25, 0.3) is 0 Å². The van der Waals surface area contributed by atoms with Gasteiger partial charge in [-0.15, -0.1) is 0 Å². The molecule has 52 valence electrons. The van der Waals surface area contributed by atoms with E-state index < -0.39 is 0 Å². The van der Waals surface area contributed by atoms with E-state index in [-0.39, 0.29) is 11.8 Å². The van der Waals surface area contributed by atoms with Gasteiger partial charge in [0, 0.05) is 5.92 Å². The molecule has 9 heavy (non-hydrogen) atoms. The van der Waals surface area contributed by atoms with E-state index in [4.69, 9.17) is 5.21 Å². The molecule has 1 saturated carbocycles. The van der Waals surface area contributed by atoms with Crippen LogP contribution in [-0.2, 0) is 4.79 Å². The summed E-state index contributed by atoms with van der Waals surface area (Å²) in [4.78, 5) is 10.6. The van der Waals surface area contributed by atoms with Crippen molar-refractivity contribution in [2.24, 2.45) is 11.8 Å². The second-order valence-electron chi connectivity index (χ2n) is 2.49. The van der Waals surface area contributed by atoms with Gasteiger partial charge >= 0.3 is 0 Å². The van der Waals surface area contributed by atoms with Gasteiger partial charge in [-0.25, -0.2) is 5.48 Å². The molecule has 1 rings (SSSR count). The van der Waals surface area contributed by atoms with Gasteiger partial charge in [-0.3, -0.25) is 10.0 Å². The lowest BCUT2D eigenvalue weighted by molar-refractivity contribution is -0.130. The maximum atomic E-state index is 10.6. The molecule has 0 aromatic rings. The molecular weight excluding hydrogens is 118 g/mol. The number of hydrogen-bond donors (Lipinski definition) is 2. The average Bonchev–Trinajstić information content (AvgIpc) is 2.64. The zero-order valence-electron chi connectivity index (χ0n) is 5.42. The molecule has 0 radical (unpaired) electrons. The van der Waals surface area contributed by atoms with Crippen molar-refractivity contribution in [3.8, 4) is 0 Å². The van der Waals surface area contributed by atoms with Crippen LogP contribution in [-0.4, -0.2) is 11.1 Å². The topological polar surface area (TPSA) is 49.3 Å². The number of amides is 1. The molecular formula is C6H11NO2. The average molecular weight is 129 g/mol. The molecule has 2 N–H and O–H groups in total. The van der Waals surface area contributed by atoms with Crippen LogP contribution >= 0.6 is 0 Å². The summed E-state index contributed by atoms with van der Waals surface area (Å²) >= 11 is 0. The molecule has 1 amide bonds. The molecule has 1 aliphatic rings. The fraction of sp³-hybridized carbons (Fsp3) is 0.833. The van der Waals surface area contributed by atoms with Gasteiger partial charge in [0.05, 0.1) is 0 Å². The minimum Gasteiger partial charge on any atom is -0.289 e. The van der Waals surface area contributed by atoms with Crippen LogP contribution in [0.4, 0.5) is 0 Å². The van der Waals surface area contributed by atoms with Crippen molar-refractivity contribution in [2.75, 3.05) is 0 Å². The summed E-state index contributed by atoms with van der Waals surface area (Å²) in [6, 6.07) is 0. The Morgan fingerprint density at radius 2 is 2.56 bits per heavy atom. The summed E-state index contributed by atoms with van der Waals surface area (Å²) in [6.07, 6.45) is 1.99. The Kier molecular flexibility index (Phi) is 1.71. The normalized spacial score (nSPS) is 31.8. The predicted molar refractivity (Wildman–Crippen MR) is 31.8 cm³/mol. The highest BCUT2D eigenvalue weighted by atomic mass is 16.5. The summed E-state index contributed by atoms with van der Waals surface area (Å²) in [5, 5.41) is 8.16. The fourth-order valence-electron chi connectivity index (χ4n) is 1.10. The van der Waals surface area contributed by atoms with Crippen molar-refractivity contribution in [1.82, 2.24) is 5.48 Å². The summed E-state index contributed by atoms with van der Waals surface area (Å²) in [5.74, 6) is 0.402. The van der Waals surface area contributed by atoms with E-state index in [0.717, 1.165) is 12.8 Å². The fourth-order valence-corrected chi connectivity index (χ4v) is 1.10. The molecule has 0 aliphatic heterocycles. The molecule has 0 aromatic heterocycles. The third kappa shape index (κ3) is 1.21. The van der Waals surface area contributed by atoms with Crippen molar-refractivity contribution < 1.29 is 10.0 Å². The number of hydrogen-bond acceptors (Lipinski definition) is 2. The van der Waals surface area contributed by atoms with Gasteiger partial charge in [0.15, 0.2) is 0 Å². The first-order valence-corrected chi connectivity index (χ1v) is 3.23. The first-order chi connectivity index (χ1) is 4.29. The molecule has 0 heterocycles. The lowest BCUT2D eigenvalue weighted by atomic mass is 10.2. The Morgan fingerprint density at radius 3 is 2.89 bits per heavy atom. The second kappa shape index (κ2) is 2.35. The Bertz CT molecular complexity index is 124. The molecule has 1 aliphatic carbocycles. The maximum absolute atomic E-state index is 10.6. The number of rotatable bonds is 2. The monoisotopic (exact) mass is 129 g/mol. The molecule has 3 heteroatoms. The van der Waals surface area contributed by atoms with Gasteiger partial charge in [-0.1, -0.05) is 13.3 Å². The van der Waals surface area contributed by atoms with Crippen LogP contribution in [0.15, 0.2) is 0 Å². The van der Waals surface area contributed by atoms with Crippen molar-refractivity contribution >= 4 is 5.91 Å². The molecule has 3 nitrogen and oxygen atoms in total. The first kappa shape index (κ1) is 6.55. The number of carbonyl (C=O) groups is 1. The van der Waals surface area contributed by atoms with E-state index >= 15 is 0 Å². The highest BCUT2D eigenvalue weighted by Gasteiger charge is 2.41. The van der Waals surface area contributed by atoms with Crippen LogP contribution in [0.2, 0.25) is 0 Å². The quantitative estimate of drug-likeness (QED) is 0.422. The summed E-state index contributed by atoms with van der Waals surface area (Å²) in [5.41, 5.74) is 1.65. The van der Waals surface area contributed by atoms with Crippen molar-refractivity contribution in [3.05, 3.63) is 0 Å². The van der Waals surface area contributed by atoms with Gasteiger partial charge in [0.2, 0.25) is 5.91 Å². The van der Waals surface area contributed by atoms with Gasteiger partial charge in [-0.05, 0) is 12.3 Å². The molecule has 0 unspecified atom stereocenters. The molecule has 0 spiro atoms. The van der Waals surface area contributed by atoms with Crippen LogP contribution in [0.25, 0.3) is 0 Å². The highest BCUT2D eigenvalue weighted by molar-refractivity contribution is 5.80. The van der Waals surface area contributed by atoms with Crippen LogP contribution in [0.1, 0.15) is 19.8 Å². The lowest BCUT2D eigenvalue weighted by Gasteiger charge is -1.92. The number of carbonyl (C=O) groups excluding carboxylic acids is 1. The predicted octanol–water partition coefficient (Wildman–Crippen LogP) is 0.538. The zero-order chi connectivity index (χ0) is 6.85. The number of nitrogens with one attached hydrogen (secondary N) is 1. The molecule has 0 aromatic carbocycles. The second-order valence-corrected chi connectivity index (χ2v) is 2.49. The standard InChI is InChI=1S/C6H11NO2/c1-2-4-3-5(4)6(8)7-9/h4-5,9H,2-3H2,1H3,(H,7,8)/t4-,5+/m1/s1. The maximum Gasteiger partial charge on any atom is 0.246 e. The third-order valence-corrected chi connectivity index (χ3v) is 1.89. The van der Waals surface area contributed by atoms with E-state index in [9.17, 15) is 4.79 Å². The zero-order valence-corrected chi connectivity index (χ0v) is 5.42. The van der Waals surface area contributed by atoms with Crippen molar-refractivity contribution in [3.63, 3.8) is 0 Å². The SMILES string of the molecule is CC[C@@H]1C[C@@H]1C(=O)NO.